The first-order valence-corrected chi connectivity index (χ1v) is 9.42. The Morgan fingerprint density at radius 3 is 2.92 bits per heavy atom. The minimum Gasteiger partial charge on any atom is -0.351 e. The predicted octanol–water partition coefficient (Wildman–Crippen LogP) is 1.94. The zero-order valence-corrected chi connectivity index (χ0v) is 15.9. The van der Waals surface area contributed by atoms with E-state index >= 15 is 0 Å². The van der Waals surface area contributed by atoms with Gasteiger partial charge in [0, 0.05) is 19.1 Å². The van der Waals surface area contributed by atoms with Crippen molar-refractivity contribution in [2.45, 2.75) is 46.2 Å². The molecule has 2 atom stereocenters. The molecule has 6 heteroatoms. The van der Waals surface area contributed by atoms with Crippen molar-refractivity contribution in [2.24, 2.45) is 5.92 Å². The van der Waals surface area contributed by atoms with Crippen LogP contribution in [0.2, 0.25) is 0 Å². The number of fused-ring (bicyclic) bond motifs is 1. The second kappa shape index (κ2) is 7.99. The number of benzene rings is 1. The molecule has 1 aromatic carbocycles. The van der Waals surface area contributed by atoms with Gasteiger partial charge in [-0.15, -0.1) is 0 Å². The highest BCUT2D eigenvalue weighted by molar-refractivity contribution is 5.79. The summed E-state index contributed by atoms with van der Waals surface area (Å²) in [7, 11) is 0. The quantitative estimate of drug-likeness (QED) is 0.889. The van der Waals surface area contributed by atoms with E-state index in [1.807, 2.05) is 25.1 Å². The first-order chi connectivity index (χ1) is 12.4. The normalized spacial score (nSPS) is 19.4. The fourth-order valence-electron chi connectivity index (χ4n) is 3.81. The third kappa shape index (κ3) is 4.30. The molecule has 1 saturated heterocycles. The lowest BCUT2D eigenvalue weighted by Gasteiger charge is -2.32. The highest BCUT2D eigenvalue weighted by Gasteiger charge is 2.19. The molecule has 1 aliphatic rings. The number of likely N-dealkylation sites (tertiary alicyclic amines) is 1. The van der Waals surface area contributed by atoms with E-state index in [0.717, 1.165) is 25.6 Å². The Bertz CT molecular complexity index is 845. The first-order valence-electron chi connectivity index (χ1n) is 9.42. The Labute approximate surface area is 154 Å². The van der Waals surface area contributed by atoms with Gasteiger partial charge in [0.1, 0.15) is 12.4 Å². The molecule has 0 unspecified atom stereocenters. The Hall–Kier alpha value is -2.21. The van der Waals surface area contributed by atoms with Crippen LogP contribution in [0.15, 0.2) is 29.1 Å². The molecule has 26 heavy (non-hydrogen) atoms. The molecule has 0 saturated carbocycles. The number of aryl methyl sites for hydroxylation is 1. The SMILES string of the molecule is Cc1nc2ccccc2c(=O)n1CC(=O)N[C@H](C)CN1CCC[C@@H](C)C1. The molecule has 1 aromatic heterocycles. The van der Waals surface area contributed by atoms with Gasteiger partial charge in [-0.1, -0.05) is 19.1 Å². The van der Waals surface area contributed by atoms with Gasteiger partial charge in [-0.25, -0.2) is 4.98 Å². The zero-order valence-electron chi connectivity index (χ0n) is 15.9. The zero-order chi connectivity index (χ0) is 18.7. The molecule has 2 aromatic rings. The number of nitrogens with one attached hydrogen (secondary N) is 1. The molecule has 2 heterocycles. The van der Waals surface area contributed by atoms with Crippen molar-refractivity contribution in [1.82, 2.24) is 19.8 Å². The molecule has 1 amide bonds. The molecular formula is C20H28N4O2. The van der Waals surface area contributed by atoms with E-state index in [1.165, 1.54) is 17.4 Å². The lowest BCUT2D eigenvalue weighted by atomic mass is 10.00. The Morgan fingerprint density at radius 2 is 2.15 bits per heavy atom. The van der Waals surface area contributed by atoms with Gasteiger partial charge in [0.05, 0.1) is 10.9 Å². The number of rotatable bonds is 5. The number of piperidine rings is 1. The summed E-state index contributed by atoms with van der Waals surface area (Å²) in [6, 6.07) is 7.28. The van der Waals surface area contributed by atoms with Crippen LogP contribution < -0.4 is 10.9 Å². The van der Waals surface area contributed by atoms with Crippen LogP contribution in [-0.4, -0.2) is 46.0 Å². The van der Waals surface area contributed by atoms with Crippen LogP contribution in [0.5, 0.6) is 0 Å². The van der Waals surface area contributed by atoms with Gasteiger partial charge in [-0.3, -0.25) is 14.2 Å². The van der Waals surface area contributed by atoms with E-state index in [0.29, 0.717) is 16.7 Å². The van der Waals surface area contributed by atoms with Crippen LogP contribution in [0.4, 0.5) is 0 Å². The van der Waals surface area contributed by atoms with Crippen LogP contribution in [0.3, 0.4) is 0 Å². The van der Waals surface area contributed by atoms with Gasteiger partial charge in [0.25, 0.3) is 5.56 Å². The summed E-state index contributed by atoms with van der Waals surface area (Å²) in [4.78, 5) is 32.0. The number of hydrogen-bond acceptors (Lipinski definition) is 4. The molecule has 1 N–H and O–H groups in total. The van der Waals surface area contributed by atoms with Gasteiger partial charge in [-0.05, 0) is 51.3 Å². The first kappa shape index (κ1) is 18.6. The number of nitrogens with zero attached hydrogens (tertiary/aromatic N) is 3. The van der Waals surface area contributed by atoms with E-state index in [9.17, 15) is 9.59 Å². The lowest BCUT2D eigenvalue weighted by molar-refractivity contribution is -0.122. The van der Waals surface area contributed by atoms with Crippen LogP contribution in [0.1, 0.15) is 32.5 Å². The minimum absolute atomic E-state index is 0.00322. The van der Waals surface area contributed by atoms with Crippen molar-refractivity contribution in [2.75, 3.05) is 19.6 Å². The number of hydrogen-bond donors (Lipinski definition) is 1. The maximum Gasteiger partial charge on any atom is 0.261 e. The molecule has 0 radical (unpaired) electrons. The molecule has 0 bridgehead atoms. The number of amides is 1. The summed E-state index contributed by atoms with van der Waals surface area (Å²) in [5, 5.41) is 3.57. The van der Waals surface area contributed by atoms with Crippen molar-refractivity contribution in [3.8, 4) is 0 Å². The summed E-state index contributed by atoms with van der Waals surface area (Å²) in [6.45, 7) is 9.09. The number of carbonyl (C=O) groups excluding carboxylic acids is 1. The molecule has 0 spiro atoms. The number of carbonyl (C=O) groups is 1. The fraction of sp³-hybridized carbons (Fsp3) is 0.550. The van der Waals surface area contributed by atoms with Gasteiger partial charge < -0.3 is 10.2 Å². The maximum absolute atomic E-state index is 12.7. The fourth-order valence-corrected chi connectivity index (χ4v) is 3.81. The molecule has 1 aliphatic heterocycles. The smallest absolute Gasteiger partial charge is 0.261 e. The van der Waals surface area contributed by atoms with E-state index in [2.05, 4.69) is 22.1 Å². The van der Waals surface area contributed by atoms with Gasteiger partial charge in [0.15, 0.2) is 0 Å². The second-order valence-electron chi connectivity index (χ2n) is 7.54. The predicted molar refractivity (Wildman–Crippen MR) is 103 cm³/mol. The van der Waals surface area contributed by atoms with Gasteiger partial charge in [-0.2, -0.15) is 0 Å². The number of aromatic nitrogens is 2. The van der Waals surface area contributed by atoms with E-state index in [4.69, 9.17) is 0 Å². The van der Waals surface area contributed by atoms with E-state index < -0.39 is 0 Å². The summed E-state index contributed by atoms with van der Waals surface area (Å²) >= 11 is 0. The van der Waals surface area contributed by atoms with Crippen molar-refractivity contribution in [3.05, 3.63) is 40.4 Å². The largest absolute Gasteiger partial charge is 0.351 e. The van der Waals surface area contributed by atoms with Crippen molar-refractivity contribution >= 4 is 16.8 Å². The lowest BCUT2D eigenvalue weighted by Crippen LogP contribution is -2.46. The topological polar surface area (TPSA) is 67.2 Å². The highest BCUT2D eigenvalue weighted by atomic mass is 16.2. The Balaban J connectivity index is 1.64. The van der Waals surface area contributed by atoms with E-state index in [1.54, 1.807) is 13.0 Å². The summed E-state index contributed by atoms with van der Waals surface area (Å²) < 4.78 is 1.45. The van der Waals surface area contributed by atoms with Gasteiger partial charge >= 0.3 is 0 Å². The Kier molecular flexibility index (Phi) is 5.71. The molecule has 0 aliphatic carbocycles. The third-order valence-corrected chi connectivity index (χ3v) is 5.03. The summed E-state index contributed by atoms with van der Waals surface area (Å²) in [5.41, 5.74) is 0.500. The summed E-state index contributed by atoms with van der Waals surface area (Å²) in [5.74, 6) is 1.13. The molecule has 3 rings (SSSR count). The highest BCUT2D eigenvalue weighted by Crippen LogP contribution is 2.15. The van der Waals surface area contributed by atoms with Gasteiger partial charge in [0.2, 0.25) is 5.91 Å². The maximum atomic E-state index is 12.7. The molecule has 6 nitrogen and oxygen atoms in total. The van der Waals surface area contributed by atoms with Crippen LogP contribution in [0, 0.1) is 12.8 Å². The second-order valence-corrected chi connectivity index (χ2v) is 7.54. The van der Waals surface area contributed by atoms with Crippen molar-refractivity contribution in [1.29, 1.82) is 0 Å². The van der Waals surface area contributed by atoms with E-state index in [-0.39, 0.29) is 24.1 Å². The third-order valence-electron chi connectivity index (χ3n) is 5.03. The van der Waals surface area contributed by atoms with Crippen molar-refractivity contribution < 1.29 is 4.79 Å². The minimum atomic E-state index is -0.166. The van der Waals surface area contributed by atoms with Crippen LogP contribution in [-0.2, 0) is 11.3 Å². The van der Waals surface area contributed by atoms with Crippen molar-refractivity contribution in [3.63, 3.8) is 0 Å². The molecular weight excluding hydrogens is 328 g/mol. The summed E-state index contributed by atoms with van der Waals surface area (Å²) in [6.07, 6.45) is 2.51. The van der Waals surface area contributed by atoms with Crippen LogP contribution in [0.25, 0.3) is 10.9 Å². The molecule has 1 fully saturated rings. The average molecular weight is 356 g/mol. The standard InChI is InChI=1S/C20H28N4O2/c1-14-7-6-10-23(11-14)12-15(2)21-19(25)13-24-16(3)22-18-9-5-4-8-17(18)20(24)26/h4-5,8-9,14-15H,6-7,10-13H2,1-3H3,(H,21,25)/t14-,15-/m1/s1. The number of para-hydroxylation sites is 1. The Morgan fingerprint density at radius 1 is 1.38 bits per heavy atom. The van der Waals surface area contributed by atoms with Crippen LogP contribution >= 0.6 is 0 Å². The average Bonchev–Trinajstić information content (AvgIpc) is 2.58. The molecule has 140 valence electrons. The monoisotopic (exact) mass is 356 g/mol.